The molecule has 3 aliphatic heterocycles. The second-order valence-electron chi connectivity index (χ2n) is 10.2. The van der Waals surface area contributed by atoms with Crippen molar-refractivity contribution in [1.29, 1.82) is 0 Å². The highest BCUT2D eigenvalue weighted by atomic mass is 15.1. The van der Waals surface area contributed by atoms with Crippen LogP contribution in [0.5, 0.6) is 0 Å². The number of nitrogens with one attached hydrogen (secondary N) is 2. The van der Waals surface area contributed by atoms with Gasteiger partial charge in [0.1, 0.15) is 0 Å². The maximum atomic E-state index is 4.89. The average molecular weight is 445 g/mol. The van der Waals surface area contributed by atoms with Gasteiger partial charge in [-0.2, -0.15) is 0 Å². The zero-order valence-electron chi connectivity index (χ0n) is 19.6. The van der Waals surface area contributed by atoms with E-state index in [-0.39, 0.29) is 0 Å². The van der Waals surface area contributed by atoms with Gasteiger partial charge in [-0.3, -0.25) is 0 Å². The Hall–Kier alpha value is -4.06. The first-order chi connectivity index (χ1) is 16.4. The first-order valence-electron chi connectivity index (χ1n) is 11.6. The van der Waals surface area contributed by atoms with Gasteiger partial charge in [-0.1, -0.05) is 48.5 Å². The van der Waals surface area contributed by atoms with Crippen molar-refractivity contribution in [1.82, 2.24) is 9.97 Å². The lowest BCUT2D eigenvalue weighted by Crippen LogP contribution is -2.30. The van der Waals surface area contributed by atoms with E-state index in [1.165, 1.54) is 21.5 Å². The molecule has 0 fully saturated rings. The Balaban J connectivity index is 1.66. The van der Waals surface area contributed by atoms with Crippen LogP contribution in [0.3, 0.4) is 0 Å². The predicted molar refractivity (Wildman–Crippen MR) is 141 cm³/mol. The van der Waals surface area contributed by atoms with Crippen LogP contribution in [0.4, 0.5) is 0 Å². The molecule has 0 amide bonds. The Morgan fingerprint density at radius 3 is 1.35 bits per heavy atom. The van der Waals surface area contributed by atoms with Crippen molar-refractivity contribution in [3.05, 3.63) is 71.6 Å². The molecule has 6 heteroatoms. The second-order valence-corrected chi connectivity index (χ2v) is 10.2. The van der Waals surface area contributed by atoms with Crippen LogP contribution in [0.15, 0.2) is 80.1 Å². The molecule has 4 aromatic rings. The lowest BCUT2D eigenvalue weighted by molar-refractivity contribution is 0.705. The Morgan fingerprint density at radius 1 is 0.559 bits per heavy atom. The lowest BCUT2D eigenvalue weighted by atomic mass is 9.82. The molecule has 0 saturated carbocycles. The zero-order valence-corrected chi connectivity index (χ0v) is 19.6. The summed E-state index contributed by atoms with van der Waals surface area (Å²) in [6.07, 6.45) is 3.71. The molecule has 0 unspecified atom stereocenters. The SMILES string of the molecule is CC1(C)C2=N/C(=C3/N=CC(=N3)C(C)(C)c3[nH]c(c4ccccc34)-c3[nH]c1c1ccccc31)N=C2. The number of rotatable bonds is 0. The number of hydrogen-bond acceptors (Lipinski definition) is 4. The molecule has 2 aromatic carbocycles. The van der Waals surface area contributed by atoms with Crippen molar-refractivity contribution in [3.8, 4) is 11.4 Å². The molecule has 166 valence electrons. The highest BCUT2D eigenvalue weighted by Gasteiger charge is 2.37. The van der Waals surface area contributed by atoms with E-state index in [4.69, 9.17) is 9.98 Å². The van der Waals surface area contributed by atoms with E-state index < -0.39 is 10.8 Å². The molecule has 7 rings (SSSR count). The molecule has 0 saturated heterocycles. The van der Waals surface area contributed by atoms with Crippen molar-refractivity contribution in [2.24, 2.45) is 20.0 Å². The third-order valence-corrected chi connectivity index (χ3v) is 7.48. The molecule has 0 radical (unpaired) electrons. The van der Waals surface area contributed by atoms with Gasteiger partial charge in [-0.15, -0.1) is 0 Å². The smallest absolute Gasteiger partial charge is 0.198 e. The number of aromatic amines is 2. The van der Waals surface area contributed by atoms with Crippen LogP contribution < -0.4 is 0 Å². The van der Waals surface area contributed by atoms with Gasteiger partial charge in [0, 0.05) is 43.8 Å². The third-order valence-electron chi connectivity index (χ3n) is 7.48. The number of H-pyrrole nitrogens is 2. The first kappa shape index (κ1) is 19.4. The molecule has 5 heterocycles. The van der Waals surface area contributed by atoms with Crippen molar-refractivity contribution < 1.29 is 0 Å². The lowest BCUT2D eigenvalue weighted by Gasteiger charge is -2.23. The van der Waals surface area contributed by atoms with Crippen LogP contribution in [0.1, 0.15) is 39.1 Å². The summed E-state index contributed by atoms with van der Waals surface area (Å²) in [5.74, 6) is 1.13. The summed E-state index contributed by atoms with van der Waals surface area (Å²) >= 11 is 0. The van der Waals surface area contributed by atoms with Gasteiger partial charge in [0.2, 0.25) is 0 Å². The molecule has 6 nitrogen and oxygen atoms in total. The Labute approximate surface area is 197 Å². The third kappa shape index (κ3) is 2.40. The fourth-order valence-corrected chi connectivity index (χ4v) is 5.40. The van der Waals surface area contributed by atoms with Gasteiger partial charge in [-0.05, 0) is 27.7 Å². The number of aromatic nitrogens is 2. The monoisotopic (exact) mass is 444 g/mol. The molecule has 3 aliphatic rings. The van der Waals surface area contributed by atoms with Crippen LogP contribution in [0.2, 0.25) is 0 Å². The van der Waals surface area contributed by atoms with E-state index in [0.717, 1.165) is 34.2 Å². The molecule has 2 aromatic heterocycles. The van der Waals surface area contributed by atoms with E-state index in [1.54, 1.807) is 0 Å². The summed E-state index contributed by atoms with van der Waals surface area (Å²) in [7, 11) is 0. The van der Waals surface area contributed by atoms with Gasteiger partial charge in [0.15, 0.2) is 11.6 Å². The summed E-state index contributed by atoms with van der Waals surface area (Å²) in [5, 5.41) is 4.75. The molecule has 0 aliphatic carbocycles. The van der Waals surface area contributed by atoms with E-state index in [1.807, 2.05) is 12.4 Å². The largest absolute Gasteiger partial charge is 0.355 e. The summed E-state index contributed by atoms with van der Waals surface area (Å²) in [5.41, 5.74) is 5.39. The van der Waals surface area contributed by atoms with Gasteiger partial charge in [0.05, 0.1) is 35.2 Å². The van der Waals surface area contributed by atoms with Gasteiger partial charge in [-0.25, -0.2) is 20.0 Å². The van der Waals surface area contributed by atoms with Gasteiger partial charge >= 0.3 is 0 Å². The molecular weight excluding hydrogens is 420 g/mol. The summed E-state index contributed by atoms with van der Waals surface area (Å²) in [4.78, 5) is 26.6. The number of fused-ring (bicyclic) bond motifs is 13. The second kappa shape index (κ2) is 6.29. The van der Waals surface area contributed by atoms with Crippen molar-refractivity contribution in [2.45, 2.75) is 38.5 Å². The average Bonchev–Trinajstić information content (AvgIpc) is 3.62. The molecule has 34 heavy (non-hydrogen) atoms. The van der Waals surface area contributed by atoms with Crippen LogP contribution in [0.25, 0.3) is 32.9 Å². The normalized spacial score (nSPS) is 21.8. The van der Waals surface area contributed by atoms with E-state index in [9.17, 15) is 0 Å². The van der Waals surface area contributed by atoms with Crippen molar-refractivity contribution >= 4 is 45.4 Å². The number of aliphatic imine (C=N–C) groups is 4. The van der Waals surface area contributed by atoms with E-state index >= 15 is 0 Å². The molecule has 0 atom stereocenters. The van der Waals surface area contributed by atoms with Crippen molar-refractivity contribution in [3.63, 3.8) is 0 Å². The molecular formula is C28H24N6. The van der Waals surface area contributed by atoms with Crippen molar-refractivity contribution in [2.75, 3.05) is 0 Å². The highest BCUT2D eigenvalue weighted by molar-refractivity contribution is 6.38. The van der Waals surface area contributed by atoms with Crippen LogP contribution in [0, 0.1) is 0 Å². The van der Waals surface area contributed by atoms with E-state index in [0.29, 0.717) is 11.6 Å². The standard InChI is InChI=1S/C28H24N6/c1-27(2)19-13-29-25(31-19)26-30-14-20(32-26)28(3,4)24-18-12-8-6-10-16(18)22(34-24)21-15-9-5-7-11-17(15)23(27)33-21/h5-14,33-34H,1-4H3/b26-25-. The Bertz CT molecular complexity index is 1570. The Morgan fingerprint density at radius 2 is 0.941 bits per heavy atom. The minimum atomic E-state index is -0.396. The molecule has 2 N–H and O–H groups in total. The minimum absolute atomic E-state index is 0.396. The quantitative estimate of drug-likeness (QED) is 0.330. The summed E-state index contributed by atoms with van der Waals surface area (Å²) in [6.45, 7) is 8.75. The summed E-state index contributed by atoms with van der Waals surface area (Å²) < 4.78 is 0. The molecule has 0 spiro atoms. The van der Waals surface area contributed by atoms with Crippen LogP contribution in [-0.4, -0.2) is 33.8 Å². The number of benzene rings is 2. The maximum Gasteiger partial charge on any atom is 0.198 e. The summed E-state index contributed by atoms with van der Waals surface area (Å²) in [6, 6.07) is 17.1. The fourth-order valence-electron chi connectivity index (χ4n) is 5.40. The van der Waals surface area contributed by atoms with Crippen LogP contribution in [-0.2, 0) is 10.8 Å². The number of nitrogens with zero attached hydrogens (tertiary/aromatic N) is 4. The first-order valence-corrected chi connectivity index (χ1v) is 11.6. The highest BCUT2D eigenvalue weighted by Crippen LogP contribution is 2.43. The van der Waals surface area contributed by atoms with E-state index in [2.05, 4.69) is 96.2 Å². The van der Waals surface area contributed by atoms with Gasteiger partial charge < -0.3 is 9.97 Å². The minimum Gasteiger partial charge on any atom is -0.355 e. The fraction of sp³-hybridized carbons (Fsp3) is 0.214. The van der Waals surface area contributed by atoms with Gasteiger partial charge in [0.25, 0.3) is 0 Å². The van der Waals surface area contributed by atoms with Crippen LogP contribution >= 0.6 is 0 Å². The zero-order chi connectivity index (χ0) is 23.2. The topological polar surface area (TPSA) is 81.0 Å². The number of hydrogen-bond donors (Lipinski definition) is 2. The molecule has 8 bridgehead atoms. The maximum absolute atomic E-state index is 4.89. The Kier molecular flexibility index (Phi) is 3.59. The predicted octanol–water partition coefficient (Wildman–Crippen LogP) is 6.06.